The van der Waals surface area contributed by atoms with Crippen molar-refractivity contribution in [3.05, 3.63) is 54.1 Å². The Bertz CT molecular complexity index is 768. The molecular formula is C15H13ClN4O. The Labute approximate surface area is 127 Å². The normalized spacial score (nSPS) is 10.6. The van der Waals surface area contributed by atoms with Crippen LogP contribution in [-0.4, -0.2) is 21.6 Å². The van der Waals surface area contributed by atoms with E-state index < -0.39 is 0 Å². The molecule has 0 amide bonds. The monoisotopic (exact) mass is 300 g/mol. The molecule has 0 unspecified atom stereocenters. The van der Waals surface area contributed by atoms with Crippen LogP contribution >= 0.6 is 11.6 Å². The Hall–Kier alpha value is -2.53. The highest BCUT2D eigenvalue weighted by molar-refractivity contribution is 6.32. The molecule has 106 valence electrons. The number of ether oxygens (including phenoxy) is 1. The number of hydrogen-bond acceptors (Lipinski definition) is 4. The third kappa shape index (κ3) is 2.55. The van der Waals surface area contributed by atoms with Gasteiger partial charge in [-0.15, -0.1) is 0 Å². The molecule has 0 aliphatic heterocycles. The van der Waals surface area contributed by atoms with Crippen LogP contribution in [0.15, 0.2) is 49.1 Å². The van der Waals surface area contributed by atoms with Crippen molar-refractivity contribution >= 4 is 17.4 Å². The minimum absolute atomic E-state index is 0.484. The number of anilines is 1. The second-order valence-corrected chi connectivity index (χ2v) is 4.85. The summed E-state index contributed by atoms with van der Waals surface area (Å²) in [6, 6.07) is 9.23. The number of benzene rings is 1. The van der Waals surface area contributed by atoms with Crippen molar-refractivity contribution < 1.29 is 4.74 Å². The van der Waals surface area contributed by atoms with E-state index in [0.29, 0.717) is 16.6 Å². The lowest BCUT2D eigenvalue weighted by Crippen LogP contribution is -1.97. The van der Waals surface area contributed by atoms with Gasteiger partial charge < -0.3 is 10.5 Å². The summed E-state index contributed by atoms with van der Waals surface area (Å²) < 4.78 is 7.09. The molecule has 2 N–H and O–H groups in total. The van der Waals surface area contributed by atoms with Crippen LogP contribution in [0.25, 0.3) is 16.9 Å². The Morgan fingerprint density at radius 2 is 2.05 bits per heavy atom. The van der Waals surface area contributed by atoms with Crippen molar-refractivity contribution in [3.63, 3.8) is 0 Å². The van der Waals surface area contributed by atoms with Crippen LogP contribution in [-0.2, 0) is 0 Å². The van der Waals surface area contributed by atoms with E-state index in [9.17, 15) is 0 Å². The number of aromatic nitrogens is 3. The third-order valence-corrected chi connectivity index (χ3v) is 3.43. The number of nitrogens with two attached hydrogens (primary N) is 1. The summed E-state index contributed by atoms with van der Waals surface area (Å²) in [5.74, 6) is 1.12. The zero-order valence-electron chi connectivity index (χ0n) is 11.3. The summed E-state index contributed by atoms with van der Waals surface area (Å²) in [6.45, 7) is 0. The predicted molar refractivity (Wildman–Crippen MR) is 82.8 cm³/mol. The maximum absolute atomic E-state index is 6.18. The van der Waals surface area contributed by atoms with Crippen LogP contribution in [0.2, 0.25) is 5.02 Å². The first-order chi connectivity index (χ1) is 10.2. The van der Waals surface area contributed by atoms with Crippen molar-refractivity contribution in [1.82, 2.24) is 14.5 Å². The van der Waals surface area contributed by atoms with Gasteiger partial charge in [-0.3, -0.25) is 4.57 Å². The highest BCUT2D eigenvalue weighted by Gasteiger charge is 2.09. The van der Waals surface area contributed by atoms with Crippen LogP contribution in [0.3, 0.4) is 0 Å². The smallest absolute Gasteiger partial charge is 0.137 e. The van der Waals surface area contributed by atoms with Crippen LogP contribution in [0.4, 0.5) is 5.82 Å². The second-order valence-electron chi connectivity index (χ2n) is 4.44. The van der Waals surface area contributed by atoms with Crippen molar-refractivity contribution in [2.45, 2.75) is 0 Å². The van der Waals surface area contributed by atoms with E-state index in [4.69, 9.17) is 22.1 Å². The Morgan fingerprint density at radius 1 is 1.19 bits per heavy atom. The van der Waals surface area contributed by atoms with Gasteiger partial charge >= 0.3 is 0 Å². The van der Waals surface area contributed by atoms with E-state index in [0.717, 1.165) is 16.9 Å². The molecule has 0 atom stereocenters. The summed E-state index contributed by atoms with van der Waals surface area (Å²) in [5, 5.41) is 0.546. The molecule has 6 heteroatoms. The largest absolute Gasteiger partial charge is 0.495 e. The summed E-state index contributed by atoms with van der Waals surface area (Å²) in [5.41, 5.74) is 8.34. The second kappa shape index (κ2) is 5.46. The van der Waals surface area contributed by atoms with E-state index in [-0.39, 0.29) is 0 Å². The van der Waals surface area contributed by atoms with Gasteiger partial charge in [0.15, 0.2) is 0 Å². The molecule has 0 saturated carbocycles. The minimum atomic E-state index is 0.484. The van der Waals surface area contributed by atoms with Crippen molar-refractivity contribution in [2.24, 2.45) is 0 Å². The maximum Gasteiger partial charge on any atom is 0.137 e. The lowest BCUT2D eigenvalue weighted by molar-refractivity contribution is 0.415. The molecule has 0 aliphatic carbocycles. The van der Waals surface area contributed by atoms with E-state index in [2.05, 4.69) is 9.97 Å². The summed E-state index contributed by atoms with van der Waals surface area (Å²) in [6.07, 6.45) is 5.21. The van der Waals surface area contributed by atoms with Crippen LogP contribution in [0, 0.1) is 0 Å². The van der Waals surface area contributed by atoms with Gasteiger partial charge in [0.25, 0.3) is 0 Å². The number of nitrogen functional groups attached to an aromatic ring is 1. The number of rotatable bonds is 3. The van der Waals surface area contributed by atoms with Gasteiger partial charge in [0.05, 0.1) is 30.4 Å². The standard InChI is InChI=1S/C15H13ClN4O/c1-21-14-4-3-11(6-12(14)16)20-9-18-8-13(20)10-2-5-15(17)19-7-10/h2-9H,1H3,(H2,17,19). The number of methoxy groups -OCH3 is 1. The van der Waals surface area contributed by atoms with Crippen molar-refractivity contribution in [3.8, 4) is 22.7 Å². The first-order valence-corrected chi connectivity index (χ1v) is 6.65. The highest BCUT2D eigenvalue weighted by atomic mass is 35.5. The maximum atomic E-state index is 6.18. The number of halogens is 1. The molecule has 2 heterocycles. The lowest BCUT2D eigenvalue weighted by atomic mass is 10.2. The Kier molecular flexibility index (Phi) is 3.50. The summed E-state index contributed by atoms with van der Waals surface area (Å²) in [7, 11) is 1.59. The molecule has 21 heavy (non-hydrogen) atoms. The van der Waals surface area contributed by atoms with E-state index in [1.54, 1.807) is 31.9 Å². The van der Waals surface area contributed by atoms with Gasteiger partial charge in [-0.25, -0.2) is 9.97 Å². The third-order valence-electron chi connectivity index (χ3n) is 3.13. The average molecular weight is 301 g/mol. The molecule has 0 aliphatic rings. The van der Waals surface area contributed by atoms with E-state index in [1.807, 2.05) is 28.8 Å². The number of pyridine rings is 1. The summed E-state index contributed by atoms with van der Waals surface area (Å²) >= 11 is 6.18. The Balaban J connectivity index is 2.06. The fourth-order valence-corrected chi connectivity index (χ4v) is 2.33. The fraction of sp³-hybridized carbons (Fsp3) is 0.0667. The van der Waals surface area contributed by atoms with Crippen LogP contribution in [0.1, 0.15) is 0 Å². The molecule has 0 fully saturated rings. The zero-order chi connectivity index (χ0) is 14.8. The van der Waals surface area contributed by atoms with E-state index in [1.165, 1.54) is 0 Å². The summed E-state index contributed by atoms with van der Waals surface area (Å²) in [4.78, 5) is 8.30. The average Bonchev–Trinajstić information content (AvgIpc) is 2.97. The van der Waals surface area contributed by atoms with Gasteiger partial charge in [0.1, 0.15) is 11.6 Å². The molecule has 0 saturated heterocycles. The molecule has 0 bridgehead atoms. The lowest BCUT2D eigenvalue weighted by Gasteiger charge is -2.10. The van der Waals surface area contributed by atoms with Gasteiger partial charge in [0.2, 0.25) is 0 Å². The van der Waals surface area contributed by atoms with E-state index >= 15 is 0 Å². The van der Waals surface area contributed by atoms with Crippen LogP contribution < -0.4 is 10.5 Å². The first-order valence-electron chi connectivity index (χ1n) is 6.27. The highest BCUT2D eigenvalue weighted by Crippen LogP contribution is 2.29. The Morgan fingerprint density at radius 3 is 2.71 bits per heavy atom. The first kappa shape index (κ1) is 13.5. The minimum Gasteiger partial charge on any atom is -0.495 e. The SMILES string of the molecule is COc1ccc(-n2cncc2-c2ccc(N)nc2)cc1Cl. The van der Waals surface area contributed by atoms with Crippen LogP contribution in [0.5, 0.6) is 5.75 Å². The molecule has 1 aromatic carbocycles. The molecular weight excluding hydrogens is 288 g/mol. The molecule has 5 nitrogen and oxygen atoms in total. The number of imidazole rings is 1. The molecule has 2 aromatic heterocycles. The van der Waals surface area contributed by atoms with Gasteiger partial charge in [0, 0.05) is 17.4 Å². The zero-order valence-corrected chi connectivity index (χ0v) is 12.1. The van der Waals surface area contributed by atoms with Gasteiger partial charge in [-0.1, -0.05) is 11.6 Å². The van der Waals surface area contributed by atoms with Crippen molar-refractivity contribution in [1.29, 1.82) is 0 Å². The number of hydrogen-bond donors (Lipinski definition) is 1. The molecule has 0 radical (unpaired) electrons. The predicted octanol–water partition coefficient (Wildman–Crippen LogP) is 3.18. The van der Waals surface area contributed by atoms with Gasteiger partial charge in [-0.2, -0.15) is 0 Å². The quantitative estimate of drug-likeness (QED) is 0.807. The molecule has 0 spiro atoms. The van der Waals surface area contributed by atoms with Gasteiger partial charge in [-0.05, 0) is 30.3 Å². The fourth-order valence-electron chi connectivity index (χ4n) is 2.08. The topological polar surface area (TPSA) is 66.0 Å². The molecule has 3 rings (SSSR count). The van der Waals surface area contributed by atoms with Crippen molar-refractivity contribution in [2.75, 3.05) is 12.8 Å². The molecule has 3 aromatic rings. The number of nitrogens with zero attached hydrogens (tertiary/aromatic N) is 3.